The minimum atomic E-state index is -0.315. The number of benzene rings is 2. The molecule has 2 aromatic carbocycles. The molecule has 0 bridgehead atoms. The fraction of sp³-hybridized carbons (Fsp3) is 0.300. The van der Waals surface area contributed by atoms with Gasteiger partial charge in [0.05, 0.1) is 19.4 Å². The van der Waals surface area contributed by atoms with Gasteiger partial charge < -0.3 is 14.6 Å². The van der Waals surface area contributed by atoms with Crippen LogP contribution in [0.2, 0.25) is 0 Å². The predicted octanol–water partition coefficient (Wildman–Crippen LogP) is 3.73. The van der Waals surface area contributed by atoms with Crippen LogP contribution in [-0.4, -0.2) is 30.4 Å². The van der Waals surface area contributed by atoms with Gasteiger partial charge in [-0.1, -0.05) is 13.3 Å². The molecule has 0 fully saturated rings. The maximum atomic E-state index is 12.1. The van der Waals surface area contributed by atoms with Crippen LogP contribution in [0, 0.1) is 0 Å². The third kappa shape index (κ3) is 5.81. The van der Waals surface area contributed by atoms with Gasteiger partial charge in [0.25, 0.3) is 5.91 Å². The first kappa shape index (κ1) is 19.3. The summed E-state index contributed by atoms with van der Waals surface area (Å²) in [7, 11) is 0. The lowest BCUT2D eigenvalue weighted by atomic mass is 10.2. The Bertz CT molecular complexity index is 742. The lowest BCUT2D eigenvalue weighted by Gasteiger charge is -2.06. The van der Waals surface area contributed by atoms with Gasteiger partial charge in [-0.3, -0.25) is 4.79 Å². The molecular formula is C20H24N2O4. The first-order valence-corrected chi connectivity index (χ1v) is 8.66. The lowest BCUT2D eigenvalue weighted by molar-refractivity contribution is 0.0955. The number of ether oxygens (including phenoxy) is 2. The minimum absolute atomic E-state index is 0.0641. The number of aromatic hydroxyl groups is 1. The second-order valence-electron chi connectivity index (χ2n) is 5.59. The summed E-state index contributed by atoms with van der Waals surface area (Å²) in [5, 5.41) is 13.6. The van der Waals surface area contributed by atoms with Gasteiger partial charge in [-0.2, -0.15) is 5.10 Å². The van der Waals surface area contributed by atoms with E-state index in [9.17, 15) is 9.90 Å². The molecule has 0 spiro atoms. The smallest absolute Gasteiger partial charge is 0.271 e. The van der Waals surface area contributed by atoms with E-state index in [1.807, 2.05) is 6.92 Å². The average Bonchev–Trinajstić information content (AvgIpc) is 2.65. The van der Waals surface area contributed by atoms with Gasteiger partial charge in [-0.05, 0) is 61.4 Å². The van der Waals surface area contributed by atoms with Crippen LogP contribution in [0.1, 0.15) is 42.6 Å². The summed E-state index contributed by atoms with van der Waals surface area (Å²) < 4.78 is 10.9. The first-order valence-electron chi connectivity index (χ1n) is 8.66. The molecule has 0 aliphatic heterocycles. The van der Waals surface area contributed by atoms with E-state index in [0.29, 0.717) is 30.1 Å². The van der Waals surface area contributed by atoms with Crippen LogP contribution >= 0.6 is 0 Å². The summed E-state index contributed by atoms with van der Waals surface area (Å²) in [6, 6.07) is 11.8. The van der Waals surface area contributed by atoms with E-state index in [1.54, 1.807) is 36.4 Å². The van der Waals surface area contributed by atoms with Crippen LogP contribution in [0.25, 0.3) is 0 Å². The highest BCUT2D eigenvalue weighted by molar-refractivity contribution is 5.95. The largest absolute Gasteiger partial charge is 0.504 e. The highest BCUT2D eigenvalue weighted by Gasteiger charge is 2.05. The molecule has 2 N–H and O–H groups in total. The van der Waals surface area contributed by atoms with Crippen molar-refractivity contribution in [3.63, 3.8) is 0 Å². The number of unbranched alkanes of at least 4 members (excludes halogenated alkanes) is 1. The van der Waals surface area contributed by atoms with Gasteiger partial charge in [0.1, 0.15) is 5.75 Å². The monoisotopic (exact) mass is 356 g/mol. The summed E-state index contributed by atoms with van der Waals surface area (Å²) in [5.41, 5.74) is 3.66. The maximum absolute atomic E-state index is 12.1. The third-order valence-electron chi connectivity index (χ3n) is 3.55. The normalized spacial score (nSPS) is 10.7. The van der Waals surface area contributed by atoms with Crippen LogP contribution in [0.3, 0.4) is 0 Å². The quantitative estimate of drug-likeness (QED) is 0.407. The van der Waals surface area contributed by atoms with Crippen molar-refractivity contribution in [3.8, 4) is 17.2 Å². The molecule has 6 heteroatoms. The molecule has 26 heavy (non-hydrogen) atoms. The SMILES string of the molecule is CCCCOc1ccc(C(=O)N/N=C/c2ccc(O)c(OCC)c2)cc1. The topological polar surface area (TPSA) is 80.2 Å². The molecule has 2 aromatic rings. The Kier molecular flexibility index (Phi) is 7.49. The molecule has 0 atom stereocenters. The van der Waals surface area contributed by atoms with Crippen LogP contribution in [0.5, 0.6) is 17.2 Å². The summed E-state index contributed by atoms with van der Waals surface area (Å²) in [4.78, 5) is 12.1. The number of amides is 1. The van der Waals surface area contributed by atoms with Crippen molar-refractivity contribution in [3.05, 3.63) is 53.6 Å². The van der Waals surface area contributed by atoms with Crippen molar-refractivity contribution in [1.29, 1.82) is 0 Å². The standard InChI is InChI=1S/C20H24N2O4/c1-3-5-12-26-17-9-7-16(8-10-17)20(24)22-21-14-15-6-11-18(23)19(13-15)25-4-2/h6-11,13-14,23H,3-5,12H2,1-2H3,(H,22,24)/b21-14+. The Balaban J connectivity index is 1.91. The molecule has 0 unspecified atom stereocenters. The Hall–Kier alpha value is -3.02. The number of phenols is 1. The molecule has 0 saturated carbocycles. The first-order chi connectivity index (χ1) is 12.6. The maximum Gasteiger partial charge on any atom is 0.271 e. The highest BCUT2D eigenvalue weighted by Crippen LogP contribution is 2.26. The lowest BCUT2D eigenvalue weighted by Crippen LogP contribution is -2.17. The van der Waals surface area contributed by atoms with Crippen molar-refractivity contribution < 1.29 is 19.4 Å². The minimum Gasteiger partial charge on any atom is -0.504 e. The summed E-state index contributed by atoms with van der Waals surface area (Å²) in [5.74, 6) is 0.868. The Labute approximate surface area is 153 Å². The molecule has 2 rings (SSSR count). The number of nitrogens with one attached hydrogen (secondary N) is 1. The van der Waals surface area contributed by atoms with Gasteiger partial charge in [0.15, 0.2) is 11.5 Å². The number of rotatable bonds is 9. The molecule has 138 valence electrons. The van der Waals surface area contributed by atoms with Crippen molar-refractivity contribution in [1.82, 2.24) is 5.43 Å². The molecular weight excluding hydrogens is 332 g/mol. The highest BCUT2D eigenvalue weighted by atomic mass is 16.5. The number of carbonyl (C=O) groups excluding carboxylic acids is 1. The van der Waals surface area contributed by atoms with Gasteiger partial charge in [-0.15, -0.1) is 0 Å². The van der Waals surface area contributed by atoms with Crippen LogP contribution < -0.4 is 14.9 Å². The molecule has 0 saturated heterocycles. The van der Waals surface area contributed by atoms with Gasteiger partial charge >= 0.3 is 0 Å². The molecule has 6 nitrogen and oxygen atoms in total. The van der Waals surface area contributed by atoms with E-state index in [1.165, 1.54) is 12.3 Å². The fourth-order valence-electron chi connectivity index (χ4n) is 2.15. The van der Waals surface area contributed by atoms with E-state index in [-0.39, 0.29) is 11.7 Å². The zero-order valence-electron chi connectivity index (χ0n) is 15.1. The van der Waals surface area contributed by atoms with E-state index in [2.05, 4.69) is 17.5 Å². The second-order valence-corrected chi connectivity index (χ2v) is 5.59. The van der Waals surface area contributed by atoms with E-state index < -0.39 is 0 Å². The molecule has 0 aliphatic rings. The van der Waals surface area contributed by atoms with Crippen LogP contribution in [0.4, 0.5) is 0 Å². The Morgan fingerprint density at radius 1 is 1.15 bits per heavy atom. The number of phenolic OH excluding ortho intramolecular Hbond substituents is 1. The van der Waals surface area contributed by atoms with Crippen molar-refractivity contribution in [2.75, 3.05) is 13.2 Å². The number of hydrogen-bond acceptors (Lipinski definition) is 5. The van der Waals surface area contributed by atoms with Crippen LogP contribution in [0.15, 0.2) is 47.6 Å². The third-order valence-corrected chi connectivity index (χ3v) is 3.55. The molecule has 1 amide bonds. The fourth-order valence-corrected chi connectivity index (χ4v) is 2.15. The van der Waals surface area contributed by atoms with E-state index in [4.69, 9.17) is 9.47 Å². The average molecular weight is 356 g/mol. The van der Waals surface area contributed by atoms with E-state index in [0.717, 1.165) is 18.6 Å². The predicted molar refractivity (Wildman–Crippen MR) is 101 cm³/mol. The number of nitrogens with zero attached hydrogens (tertiary/aromatic N) is 1. The Morgan fingerprint density at radius 2 is 1.92 bits per heavy atom. The van der Waals surface area contributed by atoms with Crippen molar-refractivity contribution in [2.45, 2.75) is 26.7 Å². The second kappa shape index (κ2) is 10.1. The summed E-state index contributed by atoms with van der Waals surface area (Å²) >= 11 is 0. The molecule has 0 aromatic heterocycles. The molecule has 0 aliphatic carbocycles. The van der Waals surface area contributed by atoms with Crippen molar-refractivity contribution in [2.24, 2.45) is 5.10 Å². The van der Waals surface area contributed by atoms with Gasteiger partial charge in [0.2, 0.25) is 0 Å². The van der Waals surface area contributed by atoms with Crippen molar-refractivity contribution >= 4 is 12.1 Å². The zero-order chi connectivity index (χ0) is 18.8. The summed E-state index contributed by atoms with van der Waals surface area (Å²) in [6.45, 7) is 5.05. The van der Waals surface area contributed by atoms with E-state index >= 15 is 0 Å². The number of carbonyl (C=O) groups is 1. The summed E-state index contributed by atoms with van der Waals surface area (Å²) in [6.07, 6.45) is 3.56. The van der Waals surface area contributed by atoms with Gasteiger partial charge in [-0.25, -0.2) is 5.43 Å². The number of hydrazone groups is 1. The van der Waals surface area contributed by atoms with Crippen LogP contribution in [-0.2, 0) is 0 Å². The molecule has 0 heterocycles. The zero-order valence-corrected chi connectivity index (χ0v) is 15.1. The molecule has 0 radical (unpaired) electrons. The van der Waals surface area contributed by atoms with Gasteiger partial charge in [0, 0.05) is 5.56 Å². The number of hydrogen-bond donors (Lipinski definition) is 2. The Morgan fingerprint density at radius 3 is 2.62 bits per heavy atom.